The van der Waals surface area contributed by atoms with Crippen molar-refractivity contribution in [3.63, 3.8) is 0 Å². The first-order valence-corrected chi connectivity index (χ1v) is 12.3. The summed E-state index contributed by atoms with van der Waals surface area (Å²) in [6.45, 7) is 1.75. The molecule has 1 aromatic heterocycles. The van der Waals surface area contributed by atoms with Gasteiger partial charge in [0.2, 0.25) is 5.91 Å². The largest absolute Gasteiger partial charge is 0.350 e. The number of hydrogen-bond acceptors (Lipinski definition) is 4. The van der Waals surface area contributed by atoms with E-state index < -0.39 is 15.9 Å². The van der Waals surface area contributed by atoms with Crippen molar-refractivity contribution in [2.45, 2.75) is 18.4 Å². The van der Waals surface area contributed by atoms with Crippen molar-refractivity contribution < 1.29 is 13.2 Å². The van der Waals surface area contributed by atoms with Gasteiger partial charge in [-0.05, 0) is 55.0 Å². The van der Waals surface area contributed by atoms with Crippen molar-refractivity contribution in [3.05, 3.63) is 108 Å². The summed E-state index contributed by atoms with van der Waals surface area (Å²) in [6, 6.07) is 20.6. The van der Waals surface area contributed by atoms with Crippen LogP contribution >= 0.6 is 11.6 Å². The van der Waals surface area contributed by atoms with E-state index in [-0.39, 0.29) is 18.0 Å². The summed E-state index contributed by atoms with van der Waals surface area (Å²) in [7, 11) is -3.99. The number of halogens is 1. The van der Waals surface area contributed by atoms with Gasteiger partial charge in [0, 0.05) is 29.6 Å². The van der Waals surface area contributed by atoms with Crippen LogP contribution in [0.2, 0.25) is 5.02 Å². The fourth-order valence-corrected chi connectivity index (χ4v) is 4.97. The number of amides is 1. The lowest BCUT2D eigenvalue weighted by atomic mass is 10.2. The molecule has 9 heteroatoms. The predicted octanol–water partition coefficient (Wildman–Crippen LogP) is 4.35. The summed E-state index contributed by atoms with van der Waals surface area (Å²) in [6.07, 6.45) is 5.25. The first kappa shape index (κ1) is 23.5. The quantitative estimate of drug-likeness (QED) is 0.395. The van der Waals surface area contributed by atoms with E-state index in [4.69, 9.17) is 11.6 Å². The Bertz CT molecular complexity index is 1370. The monoisotopic (exact) mass is 494 g/mol. The maximum absolute atomic E-state index is 13.4. The molecule has 0 aliphatic carbocycles. The highest BCUT2D eigenvalue weighted by molar-refractivity contribution is 7.92. The van der Waals surface area contributed by atoms with E-state index in [1.54, 1.807) is 42.9 Å². The second-order valence-corrected chi connectivity index (χ2v) is 10.0. The summed E-state index contributed by atoms with van der Waals surface area (Å²) in [5.41, 5.74) is 3.08. The highest BCUT2D eigenvalue weighted by Gasteiger charge is 2.27. The summed E-state index contributed by atoms with van der Waals surface area (Å²) in [5, 5.41) is 3.18. The van der Waals surface area contributed by atoms with Crippen LogP contribution < -0.4 is 9.62 Å². The van der Waals surface area contributed by atoms with Crippen LogP contribution in [0.25, 0.3) is 5.69 Å². The van der Waals surface area contributed by atoms with Crippen molar-refractivity contribution in [2.24, 2.45) is 0 Å². The molecule has 3 aromatic carbocycles. The number of sulfonamides is 1. The maximum atomic E-state index is 13.4. The molecule has 0 fully saturated rings. The standard InChI is InChI=1S/C25H23ClN4O3S/c1-19-5-11-24(12-6-19)34(32,33)30(23-4-2-3-21(26)15-23)17-25(31)28-16-20-7-9-22(10-8-20)29-14-13-27-18-29/h2-15,18H,16-17H2,1H3,(H,28,31). The number of rotatable bonds is 8. The normalized spacial score (nSPS) is 11.2. The number of benzene rings is 3. The third-order valence-electron chi connectivity index (χ3n) is 5.22. The van der Waals surface area contributed by atoms with Gasteiger partial charge >= 0.3 is 0 Å². The van der Waals surface area contributed by atoms with E-state index in [1.807, 2.05) is 42.0 Å². The van der Waals surface area contributed by atoms with Crippen molar-refractivity contribution in [1.29, 1.82) is 0 Å². The third kappa shape index (κ3) is 5.47. The van der Waals surface area contributed by atoms with Crippen LogP contribution in [-0.2, 0) is 21.4 Å². The minimum absolute atomic E-state index is 0.0981. The molecule has 0 bridgehead atoms. The zero-order chi connectivity index (χ0) is 24.1. The second kappa shape index (κ2) is 10.1. The van der Waals surface area contributed by atoms with Gasteiger partial charge in [-0.25, -0.2) is 13.4 Å². The zero-order valence-corrected chi connectivity index (χ0v) is 20.0. The van der Waals surface area contributed by atoms with Crippen LogP contribution in [0, 0.1) is 6.92 Å². The Kier molecular flexibility index (Phi) is 7.00. The topological polar surface area (TPSA) is 84.3 Å². The van der Waals surface area contributed by atoms with Crippen LogP contribution in [-0.4, -0.2) is 30.4 Å². The molecule has 0 aliphatic heterocycles. The lowest BCUT2D eigenvalue weighted by Gasteiger charge is -2.24. The van der Waals surface area contributed by atoms with Crippen LogP contribution in [0.3, 0.4) is 0 Å². The molecule has 0 aliphatic rings. The molecule has 174 valence electrons. The minimum atomic E-state index is -3.99. The molecule has 34 heavy (non-hydrogen) atoms. The molecule has 0 radical (unpaired) electrons. The molecular weight excluding hydrogens is 472 g/mol. The fourth-order valence-electron chi connectivity index (χ4n) is 3.37. The van der Waals surface area contributed by atoms with Gasteiger partial charge in [-0.15, -0.1) is 0 Å². The van der Waals surface area contributed by atoms with Crippen molar-refractivity contribution >= 4 is 33.2 Å². The van der Waals surface area contributed by atoms with Crippen LogP contribution in [0.5, 0.6) is 0 Å². The Morgan fingerprint density at radius 1 is 1.06 bits per heavy atom. The number of anilines is 1. The van der Waals surface area contributed by atoms with E-state index in [0.29, 0.717) is 10.7 Å². The van der Waals surface area contributed by atoms with Gasteiger partial charge in [0.05, 0.1) is 16.9 Å². The number of aryl methyl sites for hydroxylation is 1. The van der Waals surface area contributed by atoms with Crippen LogP contribution in [0.1, 0.15) is 11.1 Å². The summed E-state index contributed by atoms with van der Waals surface area (Å²) >= 11 is 6.11. The Morgan fingerprint density at radius 2 is 1.79 bits per heavy atom. The highest BCUT2D eigenvalue weighted by atomic mass is 35.5. The van der Waals surface area contributed by atoms with Crippen molar-refractivity contribution in [3.8, 4) is 5.69 Å². The molecule has 1 N–H and O–H groups in total. The maximum Gasteiger partial charge on any atom is 0.264 e. The van der Waals surface area contributed by atoms with Crippen LogP contribution in [0.4, 0.5) is 5.69 Å². The van der Waals surface area contributed by atoms with Gasteiger partial charge in [-0.1, -0.05) is 47.5 Å². The molecule has 1 heterocycles. The molecule has 0 unspecified atom stereocenters. The number of imidazole rings is 1. The first-order valence-electron chi connectivity index (χ1n) is 10.5. The summed E-state index contributed by atoms with van der Waals surface area (Å²) < 4.78 is 29.8. The number of nitrogens with one attached hydrogen (secondary N) is 1. The second-order valence-electron chi connectivity index (χ2n) is 7.72. The fraction of sp³-hybridized carbons (Fsp3) is 0.120. The predicted molar refractivity (Wildman–Crippen MR) is 133 cm³/mol. The number of carbonyl (C=O) groups is 1. The number of nitrogens with zero attached hydrogens (tertiary/aromatic N) is 3. The van der Waals surface area contributed by atoms with E-state index >= 15 is 0 Å². The summed E-state index contributed by atoms with van der Waals surface area (Å²) in [5.74, 6) is -0.436. The lowest BCUT2D eigenvalue weighted by molar-refractivity contribution is -0.119. The van der Waals surface area contributed by atoms with Crippen molar-refractivity contribution in [1.82, 2.24) is 14.9 Å². The molecule has 4 aromatic rings. The summed E-state index contributed by atoms with van der Waals surface area (Å²) in [4.78, 5) is 16.9. The first-order chi connectivity index (χ1) is 16.3. The van der Waals surface area contributed by atoms with Gasteiger partial charge in [0.25, 0.3) is 10.0 Å². The highest BCUT2D eigenvalue weighted by Crippen LogP contribution is 2.26. The molecular formula is C25H23ClN4O3S. The van der Waals surface area contributed by atoms with Crippen LogP contribution in [0.15, 0.2) is 96.4 Å². The number of carbonyl (C=O) groups excluding carboxylic acids is 1. The molecule has 1 amide bonds. The van der Waals surface area contributed by atoms with E-state index in [2.05, 4.69) is 10.3 Å². The zero-order valence-electron chi connectivity index (χ0n) is 18.4. The smallest absolute Gasteiger partial charge is 0.264 e. The molecule has 0 atom stereocenters. The molecule has 7 nitrogen and oxygen atoms in total. The molecule has 4 rings (SSSR count). The van der Waals surface area contributed by atoms with Gasteiger partial charge in [0.15, 0.2) is 0 Å². The number of aromatic nitrogens is 2. The Hall–Kier alpha value is -3.62. The average Bonchev–Trinajstić information content (AvgIpc) is 3.37. The molecule has 0 spiro atoms. The molecule has 0 saturated heterocycles. The number of hydrogen-bond donors (Lipinski definition) is 1. The SMILES string of the molecule is Cc1ccc(S(=O)(=O)N(CC(=O)NCc2ccc(-n3ccnc3)cc2)c2cccc(Cl)c2)cc1. The molecule has 0 saturated carbocycles. The van der Waals surface area contributed by atoms with E-state index in [9.17, 15) is 13.2 Å². The Balaban J connectivity index is 1.51. The lowest BCUT2D eigenvalue weighted by Crippen LogP contribution is -2.40. The average molecular weight is 495 g/mol. The Labute approximate surface area is 203 Å². The van der Waals surface area contributed by atoms with Gasteiger partial charge < -0.3 is 9.88 Å². The third-order valence-corrected chi connectivity index (χ3v) is 7.24. The van der Waals surface area contributed by atoms with Gasteiger partial charge in [-0.3, -0.25) is 9.10 Å². The van der Waals surface area contributed by atoms with E-state index in [1.165, 1.54) is 18.2 Å². The van der Waals surface area contributed by atoms with Crippen molar-refractivity contribution in [2.75, 3.05) is 10.8 Å². The minimum Gasteiger partial charge on any atom is -0.350 e. The van der Waals surface area contributed by atoms with Gasteiger partial charge in [-0.2, -0.15) is 0 Å². The van der Waals surface area contributed by atoms with E-state index in [0.717, 1.165) is 21.1 Å². The Morgan fingerprint density at radius 3 is 2.44 bits per heavy atom. The van der Waals surface area contributed by atoms with Gasteiger partial charge in [0.1, 0.15) is 6.54 Å².